The molecule has 1 aromatic rings. The van der Waals surface area contributed by atoms with E-state index >= 15 is 0 Å². The van der Waals surface area contributed by atoms with Crippen LogP contribution in [0, 0.1) is 0 Å². The van der Waals surface area contributed by atoms with Gasteiger partial charge < -0.3 is 5.11 Å². The fourth-order valence-corrected chi connectivity index (χ4v) is 5.00. The van der Waals surface area contributed by atoms with Crippen molar-refractivity contribution in [3.05, 3.63) is 35.9 Å². The minimum atomic E-state index is -0.140. The van der Waals surface area contributed by atoms with E-state index in [4.69, 9.17) is 0 Å². The third kappa shape index (κ3) is 4.94. The summed E-state index contributed by atoms with van der Waals surface area (Å²) in [7, 11) is 0. The molecule has 1 aliphatic heterocycles. The van der Waals surface area contributed by atoms with Gasteiger partial charge >= 0.3 is 0 Å². The van der Waals surface area contributed by atoms with Crippen molar-refractivity contribution in [3.63, 3.8) is 0 Å². The topological polar surface area (TPSA) is 20.2 Å². The molecule has 1 unspecified atom stereocenters. The lowest BCUT2D eigenvalue weighted by molar-refractivity contribution is 0.160. The first-order valence-electron chi connectivity index (χ1n) is 6.30. The first-order valence-corrected chi connectivity index (χ1v) is 8.39. The van der Waals surface area contributed by atoms with Gasteiger partial charge in [-0.25, -0.2) is 0 Å². The minimum Gasteiger partial charge on any atom is -0.393 e. The van der Waals surface area contributed by atoms with Crippen molar-refractivity contribution in [1.82, 2.24) is 0 Å². The lowest BCUT2D eigenvalue weighted by Crippen LogP contribution is -2.17. The van der Waals surface area contributed by atoms with E-state index in [0.717, 1.165) is 19.3 Å². The molecule has 0 amide bonds. The standard InChI is InChI=1S/C14H20OS2/c15-13(11-14-16-9-4-10-17-14)8-7-12-5-2-1-3-6-12/h1-3,5-6,13-15H,4,7-11H2. The Morgan fingerprint density at radius 1 is 1.18 bits per heavy atom. The predicted molar refractivity (Wildman–Crippen MR) is 78.7 cm³/mol. The highest BCUT2D eigenvalue weighted by Crippen LogP contribution is 2.34. The normalized spacial score (nSPS) is 19.1. The summed E-state index contributed by atoms with van der Waals surface area (Å²) in [5.74, 6) is 2.53. The number of aryl methyl sites for hydroxylation is 1. The van der Waals surface area contributed by atoms with Crippen LogP contribution in [0.5, 0.6) is 0 Å². The van der Waals surface area contributed by atoms with Crippen LogP contribution in [0.2, 0.25) is 0 Å². The largest absolute Gasteiger partial charge is 0.393 e. The predicted octanol–water partition coefficient (Wildman–Crippen LogP) is 3.57. The molecule has 3 heteroatoms. The Hall–Kier alpha value is -0.120. The van der Waals surface area contributed by atoms with Crippen molar-refractivity contribution in [1.29, 1.82) is 0 Å². The van der Waals surface area contributed by atoms with Crippen LogP contribution in [0.1, 0.15) is 24.8 Å². The lowest BCUT2D eigenvalue weighted by atomic mass is 10.1. The maximum absolute atomic E-state index is 10.0. The van der Waals surface area contributed by atoms with Crippen LogP contribution in [0.25, 0.3) is 0 Å². The molecule has 1 fully saturated rings. The van der Waals surface area contributed by atoms with Gasteiger partial charge in [0.25, 0.3) is 0 Å². The molecule has 0 radical (unpaired) electrons. The third-order valence-electron chi connectivity index (χ3n) is 2.97. The van der Waals surface area contributed by atoms with E-state index in [1.54, 1.807) is 0 Å². The van der Waals surface area contributed by atoms with Crippen LogP contribution in [0.4, 0.5) is 0 Å². The molecule has 0 spiro atoms. The van der Waals surface area contributed by atoms with Gasteiger partial charge in [-0.05, 0) is 42.8 Å². The van der Waals surface area contributed by atoms with E-state index in [0.29, 0.717) is 4.58 Å². The number of aliphatic hydroxyl groups excluding tert-OH is 1. The van der Waals surface area contributed by atoms with Gasteiger partial charge in [0.2, 0.25) is 0 Å². The number of hydrogen-bond donors (Lipinski definition) is 1. The molecule has 2 rings (SSSR count). The van der Waals surface area contributed by atoms with E-state index in [-0.39, 0.29) is 6.10 Å². The van der Waals surface area contributed by atoms with Gasteiger partial charge in [0, 0.05) is 0 Å². The molecule has 0 aliphatic carbocycles. The maximum atomic E-state index is 10.0. The number of thioether (sulfide) groups is 2. The van der Waals surface area contributed by atoms with Gasteiger partial charge in [-0.2, -0.15) is 0 Å². The highest BCUT2D eigenvalue weighted by molar-refractivity contribution is 8.17. The van der Waals surface area contributed by atoms with Crippen molar-refractivity contribution in [3.8, 4) is 0 Å². The highest BCUT2D eigenvalue weighted by Gasteiger charge is 2.18. The molecule has 1 nitrogen and oxygen atoms in total. The molecule has 1 aromatic carbocycles. The Balaban J connectivity index is 1.68. The van der Waals surface area contributed by atoms with E-state index in [1.807, 2.05) is 29.6 Å². The van der Waals surface area contributed by atoms with E-state index in [1.165, 1.54) is 23.5 Å². The summed E-state index contributed by atoms with van der Waals surface area (Å²) in [6.45, 7) is 0. The van der Waals surface area contributed by atoms with Crippen LogP contribution >= 0.6 is 23.5 Å². The fraction of sp³-hybridized carbons (Fsp3) is 0.571. The van der Waals surface area contributed by atoms with E-state index < -0.39 is 0 Å². The Morgan fingerprint density at radius 2 is 1.88 bits per heavy atom. The molecule has 1 N–H and O–H groups in total. The van der Waals surface area contributed by atoms with Crippen molar-refractivity contribution in [2.24, 2.45) is 0 Å². The van der Waals surface area contributed by atoms with Gasteiger partial charge in [0.1, 0.15) is 0 Å². The highest BCUT2D eigenvalue weighted by atomic mass is 32.2. The Morgan fingerprint density at radius 3 is 2.59 bits per heavy atom. The zero-order valence-corrected chi connectivity index (χ0v) is 11.7. The van der Waals surface area contributed by atoms with Gasteiger partial charge in [-0.1, -0.05) is 30.3 Å². The maximum Gasteiger partial charge on any atom is 0.0562 e. The van der Waals surface area contributed by atoms with E-state index in [9.17, 15) is 5.11 Å². The molecule has 0 aromatic heterocycles. The summed E-state index contributed by atoms with van der Waals surface area (Å²) < 4.78 is 0.620. The first kappa shape index (κ1) is 13.3. The second-order valence-corrected chi connectivity index (χ2v) is 7.36. The molecule has 1 saturated heterocycles. The lowest BCUT2D eigenvalue weighted by Gasteiger charge is -2.23. The van der Waals surface area contributed by atoms with E-state index in [2.05, 4.69) is 24.3 Å². The molecule has 17 heavy (non-hydrogen) atoms. The zero-order valence-electron chi connectivity index (χ0n) is 10.0. The smallest absolute Gasteiger partial charge is 0.0562 e. The molecule has 0 bridgehead atoms. The molecule has 94 valence electrons. The number of hydrogen-bond acceptors (Lipinski definition) is 3. The molecule has 1 heterocycles. The summed E-state index contributed by atoms with van der Waals surface area (Å²) >= 11 is 4.03. The van der Waals surface area contributed by atoms with Gasteiger partial charge in [-0.15, -0.1) is 23.5 Å². The van der Waals surface area contributed by atoms with Gasteiger partial charge in [0.05, 0.1) is 10.7 Å². The van der Waals surface area contributed by atoms with Crippen LogP contribution in [0.3, 0.4) is 0 Å². The fourth-order valence-electron chi connectivity index (χ4n) is 1.99. The average molecular weight is 268 g/mol. The second kappa shape index (κ2) is 7.34. The number of rotatable bonds is 5. The SMILES string of the molecule is OC(CCc1ccccc1)CC1SCCCS1. The zero-order chi connectivity index (χ0) is 11.9. The molecular weight excluding hydrogens is 248 g/mol. The summed E-state index contributed by atoms with van der Waals surface area (Å²) in [6, 6.07) is 10.4. The molecule has 1 atom stereocenters. The van der Waals surface area contributed by atoms with Crippen LogP contribution < -0.4 is 0 Å². The van der Waals surface area contributed by atoms with Crippen LogP contribution in [-0.2, 0) is 6.42 Å². The summed E-state index contributed by atoms with van der Waals surface area (Å²) in [6.07, 6.45) is 4.01. The first-order chi connectivity index (χ1) is 8.34. The van der Waals surface area contributed by atoms with Crippen molar-refractivity contribution in [2.75, 3.05) is 11.5 Å². The Labute approximate surface area is 112 Å². The Bertz CT molecular complexity index is 309. The Kier molecular flexibility index (Phi) is 5.75. The summed E-state index contributed by atoms with van der Waals surface area (Å²) in [5, 5.41) is 10.0. The third-order valence-corrected chi connectivity index (χ3v) is 5.96. The molecule has 0 saturated carbocycles. The van der Waals surface area contributed by atoms with Gasteiger partial charge in [-0.3, -0.25) is 0 Å². The number of aliphatic hydroxyl groups is 1. The summed E-state index contributed by atoms with van der Waals surface area (Å²) in [5.41, 5.74) is 1.33. The number of benzene rings is 1. The van der Waals surface area contributed by atoms with Crippen LogP contribution in [-0.4, -0.2) is 27.3 Å². The van der Waals surface area contributed by atoms with Crippen LogP contribution in [0.15, 0.2) is 30.3 Å². The summed E-state index contributed by atoms with van der Waals surface area (Å²) in [4.78, 5) is 0. The minimum absolute atomic E-state index is 0.140. The average Bonchev–Trinajstić information content (AvgIpc) is 2.39. The molecule has 1 aliphatic rings. The van der Waals surface area contributed by atoms with Crippen molar-refractivity contribution < 1.29 is 5.11 Å². The molecular formula is C14H20OS2. The monoisotopic (exact) mass is 268 g/mol. The van der Waals surface area contributed by atoms with Gasteiger partial charge in [0.15, 0.2) is 0 Å². The van der Waals surface area contributed by atoms with Crippen molar-refractivity contribution >= 4 is 23.5 Å². The second-order valence-electron chi connectivity index (χ2n) is 4.44. The van der Waals surface area contributed by atoms with Crippen molar-refractivity contribution in [2.45, 2.75) is 36.4 Å². The quantitative estimate of drug-likeness (QED) is 0.881.